The summed E-state index contributed by atoms with van der Waals surface area (Å²) in [4.78, 5) is 28.9. The van der Waals surface area contributed by atoms with E-state index < -0.39 is 23.4 Å². The minimum atomic E-state index is -1.01. The Bertz CT molecular complexity index is 1240. The Balaban J connectivity index is 1.75. The molecule has 0 bridgehead atoms. The number of aromatic nitrogens is 2. The minimum absolute atomic E-state index is 0.108. The van der Waals surface area contributed by atoms with Gasteiger partial charge < -0.3 is 9.47 Å². The molecule has 8 nitrogen and oxygen atoms in total. The van der Waals surface area contributed by atoms with Crippen molar-refractivity contribution in [2.24, 2.45) is 4.99 Å². The Morgan fingerprint density at radius 1 is 1.06 bits per heavy atom. The second-order valence-corrected chi connectivity index (χ2v) is 7.14. The molecule has 2 amide bonds. The number of aliphatic imine (C=N–C) groups is 1. The highest BCUT2D eigenvalue weighted by atomic mass is 19.1. The molecule has 32 heavy (non-hydrogen) atoms. The first-order valence-electron chi connectivity index (χ1n) is 9.67. The summed E-state index contributed by atoms with van der Waals surface area (Å²) in [5.41, 5.74) is 2.46. The Labute approximate surface area is 181 Å². The zero-order valence-corrected chi connectivity index (χ0v) is 17.2. The third-order valence-corrected chi connectivity index (χ3v) is 5.41. The summed E-state index contributed by atoms with van der Waals surface area (Å²) in [5, 5.41) is 0. The smallest absolute Gasteiger partial charge is 0.334 e. The van der Waals surface area contributed by atoms with E-state index in [-0.39, 0.29) is 18.0 Å². The molecule has 0 aliphatic carbocycles. The maximum Gasteiger partial charge on any atom is 0.334 e. The quantitative estimate of drug-likeness (QED) is 0.617. The number of ether oxygens (including phenoxy) is 2. The zero-order chi connectivity index (χ0) is 22.4. The highest BCUT2D eigenvalue weighted by molar-refractivity contribution is 6.14. The van der Waals surface area contributed by atoms with E-state index in [0.717, 1.165) is 16.7 Å². The molecule has 0 radical (unpaired) electrons. The first-order chi connectivity index (χ1) is 15.5. The van der Waals surface area contributed by atoms with Gasteiger partial charge in [-0.2, -0.15) is 0 Å². The maximum atomic E-state index is 15.3. The van der Waals surface area contributed by atoms with Gasteiger partial charge in [0.05, 0.1) is 50.6 Å². The standard InChI is InChI=1S/C22H17F2N5O3/c1-31-16-6-17(32-2)19(24)21(18(16)23)28-11-12-7-27-15-10-26-9-14(15)20(12)29(22(28)30)13-4-3-5-25-8-13/h3-9H,10-11H2,1-2H3. The molecule has 0 atom stereocenters. The number of methoxy groups -OCH3 is 2. The van der Waals surface area contributed by atoms with Crippen LogP contribution in [0, 0.1) is 11.6 Å². The number of pyridine rings is 2. The number of urea groups is 1. The number of halogens is 2. The number of fused-ring (bicyclic) bond motifs is 3. The van der Waals surface area contributed by atoms with Crippen LogP contribution < -0.4 is 19.3 Å². The predicted octanol–water partition coefficient (Wildman–Crippen LogP) is 3.98. The number of hydrogen-bond acceptors (Lipinski definition) is 6. The molecule has 4 heterocycles. The van der Waals surface area contributed by atoms with Crippen molar-refractivity contribution in [3.63, 3.8) is 0 Å². The fourth-order valence-electron chi connectivity index (χ4n) is 3.93. The van der Waals surface area contributed by atoms with Crippen LogP contribution in [-0.2, 0) is 13.1 Å². The van der Waals surface area contributed by atoms with Crippen molar-refractivity contribution in [2.45, 2.75) is 13.1 Å². The van der Waals surface area contributed by atoms with Crippen LogP contribution in [0.3, 0.4) is 0 Å². The predicted molar refractivity (Wildman–Crippen MR) is 113 cm³/mol. The van der Waals surface area contributed by atoms with Crippen LogP contribution in [0.5, 0.6) is 11.5 Å². The first-order valence-corrected chi connectivity index (χ1v) is 9.67. The van der Waals surface area contributed by atoms with Gasteiger partial charge in [0.25, 0.3) is 0 Å². The molecular weight excluding hydrogens is 420 g/mol. The van der Waals surface area contributed by atoms with Crippen LogP contribution in [0.1, 0.15) is 16.8 Å². The van der Waals surface area contributed by atoms with Crippen molar-refractivity contribution in [1.29, 1.82) is 0 Å². The Hall–Kier alpha value is -4.08. The molecule has 2 aliphatic heterocycles. The summed E-state index contributed by atoms with van der Waals surface area (Å²) < 4.78 is 40.6. The zero-order valence-electron chi connectivity index (χ0n) is 17.2. The second-order valence-electron chi connectivity index (χ2n) is 7.14. The van der Waals surface area contributed by atoms with Crippen LogP contribution in [0.15, 0.2) is 41.8 Å². The third-order valence-electron chi connectivity index (χ3n) is 5.41. The summed E-state index contributed by atoms with van der Waals surface area (Å²) in [5.74, 6) is -2.51. The molecule has 5 rings (SSSR count). The van der Waals surface area contributed by atoms with E-state index >= 15 is 8.78 Å². The molecule has 2 aromatic heterocycles. The highest BCUT2D eigenvalue weighted by Crippen LogP contribution is 2.44. The number of carbonyl (C=O) groups is 1. The molecule has 162 valence electrons. The minimum Gasteiger partial charge on any atom is -0.493 e. The maximum absolute atomic E-state index is 15.3. The van der Waals surface area contributed by atoms with Gasteiger partial charge in [-0.15, -0.1) is 0 Å². The van der Waals surface area contributed by atoms with Crippen LogP contribution in [0.2, 0.25) is 0 Å². The van der Waals surface area contributed by atoms with Crippen molar-refractivity contribution < 1.29 is 23.0 Å². The molecule has 3 aromatic rings. The number of rotatable bonds is 4. The summed E-state index contributed by atoms with van der Waals surface area (Å²) in [6.07, 6.45) is 6.33. The average molecular weight is 437 g/mol. The Morgan fingerprint density at radius 2 is 1.81 bits per heavy atom. The lowest BCUT2D eigenvalue weighted by Crippen LogP contribution is -2.46. The lowest BCUT2D eigenvalue weighted by Gasteiger charge is -2.38. The van der Waals surface area contributed by atoms with E-state index in [1.54, 1.807) is 30.7 Å². The number of hydrogen-bond donors (Lipinski definition) is 0. The Morgan fingerprint density at radius 3 is 2.47 bits per heavy atom. The van der Waals surface area contributed by atoms with Gasteiger partial charge in [-0.05, 0) is 12.1 Å². The molecule has 0 unspecified atom stereocenters. The molecule has 0 saturated heterocycles. The van der Waals surface area contributed by atoms with Crippen LogP contribution >= 0.6 is 0 Å². The number of anilines is 3. The lowest BCUT2D eigenvalue weighted by molar-refractivity contribution is 0.251. The van der Waals surface area contributed by atoms with Crippen molar-refractivity contribution in [3.8, 4) is 11.5 Å². The monoisotopic (exact) mass is 437 g/mol. The molecule has 2 aliphatic rings. The van der Waals surface area contributed by atoms with Crippen molar-refractivity contribution in [3.05, 3.63) is 65.2 Å². The van der Waals surface area contributed by atoms with Crippen LogP contribution in [0.4, 0.5) is 30.6 Å². The highest BCUT2D eigenvalue weighted by Gasteiger charge is 2.39. The van der Waals surface area contributed by atoms with Gasteiger partial charge in [0, 0.05) is 35.8 Å². The van der Waals surface area contributed by atoms with Gasteiger partial charge in [0.2, 0.25) is 0 Å². The normalized spacial score (nSPS) is 14.4. The number of amides is 2. The molecule has 10 heteroatoms. The molecule has 0 fully saturated rings. The molecular formula is C22H17F2N5O3. The van der Waals surface area contributed by atoms with Gasteiger partial charge in [-0.1, -0.05) is 0 Å². The molecule has 0 spiro atoms. The van der Waals surface area contributed by atoms with E-state index in [1.165, 1.54) is 25.3 Å². The fraction of sp³-hybridized carbons (Fsp3) is 0.182. The summed E-state index contributed by atoms with van der Waals surface area (Å²) in [7, 11) is 2.50. The van der Waals surface area contributed by atoms with E-state index in [1.807, 2.05) is 0 Å². The second kappa shape index (κ2) is 7.56. The topological polar surface area (TPSA) is 80.2 Å². The number of nitrogens with zero attached hydrogens (tertiary/aromatic N) is 5. The third kappa shape index (κ3) is 2.87. The lowest BCUT2D eigenvalue weighted by atomic mass is 10.0. The molecule has 1 aromatic carbocycles. The fourth-order valence-corrected chi connectivity index (χ4v) is 3.93. The van der Waals surface area contributed by atoms with Gasteiger partial charge in [0.1, 0.15) is 5.69 Å². The molecule has 0 saturated carbocycles. The van der Waals surface area contributed by atoms with Crippen molar-refractivity contribution in [1.82, 2.24) is 9.97 Å². The van der Waals surface area contributed by atoms with E-state index in [9.17, 15) is 4.79 Å². The average Bonchev–Trinajstić information content (AvgIpc) is 3.29. The van der Waals surface area contributed by atoms with Crippen LogP contribution in [0.25, 0.3) is 0 Å². The van der Waals surface area contributed by atoms with Crippen molar-refractivity contribution >= 4 is 29.3 Å². The van der Waals surface area contributed by atoms with Gasteiger partial charge >= 0.3 is 6.03 Å². The molecule has 0 N–H and O–H groups in total. The largest absolute Gasteiger partial charge is 0.493 e. The van der Waals surface area contributed by atoms with E-state index in [0.29, 0.717) is 29.0 Å². The summed E-state index contributed by atoms with van der Waals surface area (Å²) >= 11 is 0. The summed E-state index contributed by atoms with van der Waals surface area (Å²) in [6, 6.07) is 3.80. The van der Waals surface area contributed by atoms with Crippen molar-refractivity contribution in [2.75, 3.05) is 24.0 Å². The number of benzene rings is 1. The SMILES string of the molecule is COc1cc(OC)c(F)c(N2Cc3cnc4c(c3N(c3cccnc3)C2=O)C=NC4)c1F. The number of carbonyl (C=O) groups excluding carboxylic acids is 1. The summed E-state index contributed by atoms with van der Waals surface area (Å²) in [6.45, 7) is 0.293. The first kappa shape index (κ1) is 19.9. The van der Waals surface area contributed by atoms with Gasteiger partial charge in [-0.25, -0.2) is 13.6 Å². The van der Waals surface area contributed by atoms with Gasteiger partial charge in [-0.3, -0.25) is 24.8 Å². The van der Waals surface area contributed by atoms with E-state index in [4.69, 9.17) is 9.47 Å². The van der Waals surface area contributed by atoms with E-state index in [2.05, 4.69) is 15.0 Å². The van der Waals surface area contributed by atoms with Crippen LogP contribution in [-0.4, -0.2) is 36.4 Å². The Kier molecular flexibility index (Phi) is 4.69. The van der Waals surface area contributed by atoms with Gasteiger partial charge in [0.15, 0.2) is 23.1 Å².